The van der Waals surface area contributed by atoms with Crippen molar-refractivity contribution in [2.45, 2.75) is 6.92 Å². The average molecular weight is 258 g/mol. The molecule has 0 radical (unpaired) electrons. The molecule has 5 nitrogen and oxygen atoms in total. The van der Waals surface area contributed by atoms with Gasteiger partial charge in [-0.2, -0.15) is 0 Å². The van der Waals surface area contributed by atoms with Gasteiger partial charge >= 0.3 is 0 Å². The van der Waals surface area contributed by atoms with Gasteiger partial charge in [0.2, 0.25) is 0 Å². The number of hydrogen-bond donors (Lipinski definition) is 4. The fraction of sp³-hybridized carbons (Fsp3) is 0.0714. The molecule has 2 aromatic carbocycles. The number of aromatic hydroxyl groups is 2. The molecule has 0 saturated heterocycles. The number of nitrogens with two attached hydrogens (primary N) is 1. The summed E-state index contributed by atoms with van der Waals surface area (Å²) in [7, 11) is 0. The zero-order valence-electron chi connectivity index (χ0n) is 10.3. The highest BCUT2D eigenvalue weighted by Gasteiger charge is 2.17. The number of hydrogen-bond acceptors (Lipinski definition) is 4. The van der Waals surface area contributed by atoms with E-state index in [1.807, 2.05) is 0 Å². The number of phenols is 2. The molecule has 1 amide bonds. The van der Waals surface area contributed by atoms with Crippen molar-refractivity contribution in [1.29, 1.82) is 0 Å². The molecule has 0 unspecified atom stereocenters. The lowest BCUT2D eigenvalue weighted by molar-refractivity contribution is 0.102. The van der Waals surface area contributed by atoms with Gasteiger partial charge in [0.15, 0.2) is 0 Å². The lowest BCUT2D eigenvalue weighted by Crippen LogP contribution is -2.14. The Bertz CT molecular complexity index is 598. The van der Waals surface area contributed by atoms with Crippen LogP contribution in [0.5, 0.6) is 11.5 Å². The van der Waals surface area contributed by atoms with Crippen LogP contribution < -0.4 is 11.1 Å². The smallest absolute Gasteiger partial charge is 0.263 e. The van der Waals surface area contributed by atoms with Crippen molar-refractivity contribution in [3.05, 3.63) is 47.5 Å². The largest absolute Gasteiger partial charge is 0.507 e. The van der Waals surface area contributed by atoms with Gasteiger partial charge in [-0.05, 0) is 30.7 Å². The van der Waals surface area contributed by atoms with Crippen LogP contribution in [0.1, 0.15) is 15.9 Å². The number of phenolic OH excluding ortho intramolecular Hbond substituents is 2. The number of amides is 1. The minimum absolute atomic E-state index is 0.176. The van der Waals surface area contributed by atoms with E-state index in [4.69, 9.17) is 5.73 Å². The summed E-state index contributed by atoms with van der Waals surface area (Å²) in [5, 5.41) is 21.8. The Morgan fingerprint density at radius 2 is 1.68 bits per heavy atom. The van der Waals surface area contributed by atoms with Gasteiger partial charge in [0, 0.05) is 0 Å². The van der Waals surface area contributed by atoms with Crippen molar-refractivity contribution < 1.29 is 15.0 Å². The zero-order valence-corrected chi connectivity index (χ0v) is 10.3. The SMILES string of the molecule is Cc1cccc(N)c1NC(=O)c1c(O)cccc1O. The van der Waals surface area contributed by atoms with E-state index in [1.165, 1.54) is 18.2 Å². The van der Waals surface area contributed by atoms with E-state index in [0.29, 0.717) is 11.4 Å². The lowest BCUT2D eigenvalue weighted by atomic mass is 10.1. The Hall–Kier alpha value is -2.69. The van der Waals surface area contributed by atoms with Gasteiger partial charge < -0.3 is 21.3 Å². The van der Waals surface area contributed by atoms with Crippen molar-refractivity contribution >= 4 is 17.3 Å². The molecule has 0 aromatic heterocycles. The Balaban J connectivity index is 2.37. The highest BCUT2D eigenvalue weighted by molar-refractivity contribution is 6.09. The van der Waals surface area contributed by atoms with Crippen LogP contribution >= 0.6 is 0 Å². The molecule has 0 atom stereocenters. The maximum absolute atomic E-state index is 12.1. The number of carbonyl (C=O) groups is 1. The van der Waals surface area contributed by atoms with Crippen LogP contribution in [0.4, 0.5) is 11.4 Å². The molecule has 0 saturated carbocycles. The molecule has 5 heteroatoms. The van der Waals surface area contributed by atoms with Gasteiger partial charge in [-0.25, -0.2) is 0 Å². The normalized spacial score (nSPS) is 10.2. The Kier molecular flexibility index (Phi) is 3.29. The van der Waals surface area contributed by atoms with Crippen molar-refractivity contribution in [2.24, 2.45) is 0 Å². The van der Waals surface area contributed by atoms with Crippen molar-refractivity contribution in [3.8, 4) is 11.5 Å². The van der Waals surface area contributed by atoms with E-state index in [-0.39, 0.29) is 17.1 Å². The van der Waals surface area contributed by atoms with E-state index < -0.39 is 5.91 Å². The second-order valence-corrected chi connectivity index (χ2v) is 4.16. The van der Waals surface area contributed by atoms with E-state index in [1.54, 1.807) is 25.1 Å². The van der Waals surface area contributed by atoms with Crippen LogP contribution in [0.2, 0.25) is 0 Å². The third kappa shape index (κ3) is 2.44. The average Bonchev–Trinajstić information content (AvgIpc) is 2.34. The minimum Gasteiger partial charge on any atom is -0.507 e. The number of aryl methyl sites for hydroxylation is 1. The first-order valence-electron chi connectivity index (χ1n) is 5.68. The van der Waals surface area contributed by atoms with Crippen molar-refractivity contribution in [2.75, 3.05) is 11.1 Å². The summed E-state index contributed by atoms with van der Waals surface area (Å²) < 4.78 is 0. The predicted molar refractivity (Wildman–Crippen MR) is 73.3 cm³/mol. The molecule has 0 aliphatic heterocycles. The van der Waals surface area contributed by atoms with Gasteiger partial charge in [0.1, 0.15) is 17.1 Å². The van der Waals surface area contributed by atoms with Crippen LogP contribution in [-0.4, -0.2) is 16.1 Å². The van der Waals surface area contributed by atoms with Crippen LogP contribution in [0.25, 0.3) is 0 Å². The van der Waals surface area contributed by atoms with Crippen LogP contribution in [0, 0.1) is 6.92 Å². The molecule has 0 spiro atoms. The fourth-order valence-electron chi connectivity index (χ4n) is 1.80. The molecule has 5 N–H and O–H groups in total. The predicted octanol–water partition coefficient (Wildman–Crippen LogP) is 2.24. The second kappa shape index (κ2) is 4.89. The van der Waals surface area contributed by atoms with Crippen LogP contribution in [-0.2, 0) is 0 Å². The third-order valence-corrected chi connectivity index (χ3v) is 2.79. The number of carbonyl (C=O) groups excluding carboxylic acids is 1. The first-order valence-corrected chi connectivity index (χ1v) is 5.68. The molecular formula is C14H14N2O3. The summed E-state index contributed by atoms with van der Waals surface area (Å²) in [6.07, 6.45) is 0. The number of rotatable bonds is 2. The van der Waals surface area contributed by atoms with E-state index in [2.05, 4.69) is 5.32 Å². The third-order valence-electron chi connectivity index (χ3n) is 2.79. The number of nitrogen functional groups attached to an aromatic ring is 1. The maximum atomic E-state index is 12.1. The summed E-state index contributed by atoms with van der Waals surface area (Å²) in [6, 6.07) is 9.34. The van der Waals surface area contributed by atoms with E-state index >= 15 is 0 Å². The van der Waals surface area contributed by atoms with Gasteiger partial charge in [-0.3, -0.25) is 4.79 Å². The molecular weight excluding hydrogens is 244 g/mol. The Morgan fingerprint density at radius 1 is 1.11 bits per heavy atom. The van der Waals surface area contributed by atoms with Crippen molar-refractivity contribution in [1.82, 2.24) is 0 Å². The standard InChI is InChI=1S/C14H14N2O3/c1-8-4-2-5-9(15)13(8)16-14(19)12-10(17)6-3-7-11(12)18/h2-7,17-18H,15H2,1H3,(H,16,19). The maximum Gasteiger partial charge on any atom is 0.263 e. The number of anilines is 2. The number of nitrogens with one attached hydrogen (secondary N) is 1. The topological polar surface area (TPSA) is 95.6 Å². The van der Waals surface area contributed by atoms with E-state index in [9.17, 15) is 15.0 Å². The van der Waals surface area contributed by atoms with E-state index in [0.717, 1.165) is 5.56 Å². The minimum atomic E-state index is -0.614. The molecule has 0 heterocycles. The number of benzene rings is 2. The Labute approximate surface area is 110 Å². The Morgan fingerprint density at radius 3 is 2.26 bits per heavy atom. The lowest BCUT2D eigenvalue weighted by Gasteiger charge is -2.12. The van der Waals surface area contributed by atoms with Crippen LogP contribution in [0.15, 0.2) is 36.4 Å². The molecule has 0 aliphatic carbocycles. The van der Waals surface area contributed by atoms with Crippen molar-refractivity contribution in [3.63, 3.8) is 0 Å². The molecule has 0 bridgehead atoms. The monoisotopic (exact) mass is 258 g/mol. The van der Waals surface area contributed by atoms with Gasteiger partial charge in [-0.15, -0.1) is 0 Å². The molecule has 2 aromatic rings. The number of para-hydroxylation sites is 1. The molecule has 0 fully saturated rings. The zero-order chi connectivity index (χ0) is 14.0. The summed E-state index contributed by atoms with van der Waals surface area (Å²) in [5.41, 5.74) is 7.29. The summed E-state index contributed by atoms with van der Waals surface area (Å²) in [4.78, 5) is 12.1. The molecule has 19 heavy (non-hydrogen) atoms. The quantitative estimate of drug-likeness (QED) is 0.621. The first kappa shape index (κ1) is 12.8. The summed E-state index contributed by atoms with van der Waals surface area (Å²) in [5.74, 6) is -1.19. The van der Waals surface area contributed by atoms with Crippen LogP contribution in [0.3, 0.4) is 0 Å². The first-order chi connectivity index (χ1) is 9.00. The summed E-state index contributed by atoms with van der Waals surface area (Å²) >= 11 is 0. The molecule has 0 aliphatic rings. The second-order valence-electron chi connectivity index (χ2n) is 4.16. The highest BCUT2D eigenvalue weighted by Crippen LogP contribution is 2.29. The van der Waals surface area contributed by atoms with Gasteiger partial charge in [-0.1, -0.05) is 18.2 Å². The highest BCUT2D eigenvalue weighted by atomic mass is 16.3. The summed E-state index contributed by atoms with van der Waals surface area (Å²) in [6.45, 7) is 1.80. The van der Waals surface area contributed by atoms with Gasteiger partial charge in [0.05, 0.1) is 11.4 Å². The fourth-order valence-corrected chi connectivity index (χ4v) is 1.80. The molecule has 2 rings (SSSR count). The van der Waals surface area contributed by atoms with Gasteiger partial charge in [0.25, 0.3) is 5.91 Å². The molecule has 98 valence electrons.